The van der Waals surface area contributed by atoms with Gasteiger partial charge in [0.25, 0.3) is 0 Å². The van der Waals surface area contributed by atoms with E-state index in [0.29, 0.717) is 11.3 Å². The summed E-state index contributed by atoms with van der Waals surface area (Å²) >= 11 is 1.53. The van der Waals surface area contributed by atoms with Crippen molar-refractivity contribution >= 4 is 11.3 Å². The Hall–Kier alpha value is -1.39. The fourth-order valence-electron chi connectivity index (χ4n) is 1.80. The summed E-state index contributed by atoms with van der Waals surface area (Å²) in [7, 11) is 1.51. The molecule has 2 nitrogen and oxygen atoms in total. The summed E-state index contributed by atoms with van der Waals surface area (Å²) in [4.78, 5) is 2.00. The Morgan fingerprint density at radius 3 is 2.72 bits per heavy atom. The molecule has 18 heavy (non-hydrogen) atoms. The number of rotatable bonds is 4. The predicted molar refractivity (Wildman–Crippen MR) is 70.7 cm³/mol. The van der Waals surface area contributed by atoms with Gasteiger partial charge in [-0.25, -0.2) is 4.39 Å². The van der Waals surface area contributed by atoms with Gasteiger partial charge in [0.05, 0.1) is 7.11 Å². The van der Waals surface area contributed by atoms with Crippen LogP contribution in [0.25, 0.3) is 0 Å². The molecule has 1 atom stereocenters. The first-order valence-electron chi connectivity index (χ1n) is 5.75. The summed E-state index contributed by atoms with van der Waals surface area (Å²) in [6.07, 6.45) is 0.0819. The van der Waals surface area contributed by atoms with Crippen molar-refractivity contribution in [2.75, 3.05) is 7.11 Å². The summed E-state index contributed by atoms with van der Waals surface area (Å²) in [6.45, 7) is 2.06. The molecule has 0 saturated carbocycles. The molecule has 1 aromatic heterocycles. The van der Waals surface area contributed by atoms with Gasteiger partial charge in [0, 0.05) is 15.3 Å². The van der Waals surface area contributed by atoms with Crippen molar-refractivity contribution in [2.45, 2.75) is 19.4 Å². The maximum atomic E-state index is 13.3. The van der Waals surface area contributed by atoms with E-state index in [1.54, 1.807) is 0 Å². The molecule has 1 N–H and O–H groups in total. The summed E-state index contributed by atoms with van der Waals surface area (Å²) in [6, 6.07) is 8.02. The Morgan fingerprint density at radius 1 is 1.33 bits per heavy atom. The molecular weight excluding hydrogens is 251 g/mol. The molecule has 2 aromatic rings. The van der Waals surface area contributed by atoms with Crippen molar-refractivity contribution in [3.63, 3.8) is 0 Å². The average Bonchev–Trinajstić information content (AvgIpc) is 2.86. The second-order valence-electron chi connectivity index (χ2n) is 3.95. The smallest absolute Gasteiger partial charge is 0.125 e. The van der Waals surface area contributed by atoms with Crippen molar-refractivity contribution in [1.29, 1.82) is 0 Å². The standard InChI is InChI=1S/C14H15FO2S/c1-3-10-5-7-13(18-10)14(16)11-8-9(15)4-6-12(11)17-2/h4-8,14,16H,3H2,1-2H3. The van der Waals surface area contributed by atoms with E-state index in [4.69, 9.17) is 4.74 Å². The van der Waals surface area contributed by atoms with Gasteiger partial charge in [0.2, 0.25) is 0 Å². The molecule has 0 aliphatic carbocycles. The highest BCUT2D eigenvalue weighted by Crippen LogP contribution is 2.34. The number of halogens is 1. The molecule has 0 aliphatic heterocycles. The van der Waals surface area contributed by atoms with Gasteiger partial charge in [-0.15, -0.1) is 11.3 Å². The van der Waals surface area contributed by atoms with Gasteiger partial charge in [-0.3, -0.25) is 0 Å². The van der Waals surface area contributed by atoms with Crippen LogP contribution < -0.4 is 4.74 Å². The second-order valence-corrected chi connectivity index (χ2v) is 5.15. The van der Waals surface area contributed by atoms with Crippen LogP contribution in [-0.2, 0) is 6.42 Å². The van der Waals surface area contributed by atoms with Crippen LogP contribution in [0.15, 0.2) is 30.3 Å². The normalized spacial score (nSPS) is 12.4. The molecule has 0 amide bonds. The van der Waals surface area contributed by atoms with Crippen LogP contribution in [0.2, 0.25) is 0 Å². The van der Waals surface area contributed by atoms with E-state index in [1.807, 2.05) is 12.1 Å². The Labute approximate surface area is 110 Å². The Balaban J connectivity index is 2.38. The molecule has 0 spiro atoms. The number of ether oxygens (including phenoxy) is 1. The van der Waals surface area contributed by atoms with Crippen molar-refractivity contribution in [3.8, 4) is 5.75 Å². The lowest BCUT2D eigenvalue weighted by atomic mass is 10.1. The third-order valence-electron chi connectivity index (χ3n) is 2.79. The maximum Gasteiger partial charge on any atom is 0.125 e. The number of hydrogen-bond donors (Lipinski definition) is 1. The van der Waals surface area contributed by atoms with Gasteiger partial charge in [-0.2, -0.15) is 0 Å². The van der Waals surface area contributed by atoms with Crippen LogP contribution >= 0.6 is 11.3 Å². The van der Waals surface area contributed by atoms with Crippen LogP contribution in [0, 0.1) is 5.82 Å². The molecule has 0 aliphatic rings. The van der Waals surface area contributed by atoms with E-state index in [9.17, 15) is 9.50 Å². The molecule has 4 heteroatoms. The van der Waals surface area contributed by atoms with Crippen LogP contribution in [0.1, 0.15) is 28.3 Å². The molecular formula is C14H15FO2S. The van der Waals surface area contributed by atoms with Crippen molar-refractivity contribution in [3.05, 3.63) is 51.5 Å². The third-order valence-corrected chi connectivity index (χ3v) is 4.07. The first-order valence-corrected chi connectivity index (χ1v) is 6.57. The van der Waals surface area contributed by atoms with Crippen molar-refractivity contribution in [2.24, 2.45) is 0 Å². The zero-order valence-corrected chi connectivity index (χ0v) is 11.1. The van der Waals surface area contributed by atoms with Gasteiger partial charge in [-0.05, 0) is 36.8 Å². The Morgan fingerprint density at radius 2 is 2.11 bits per heavy atom. The van der Waals surface area contributed by atoms with Gasteiger partial charge < -0.3 is 9.84 Å². The molecule has 0 bridgehead atoms. The van der Waals surface area contributed by atoms with Crippen LogP contribution in [-0.4, -0.2) is 12.2 Å². The first kappa shape index (κ1) is 13.1. The minimum atomic E-state index is -0.846. The third kappa shape index (κ3) is 2.54. The van der Waals surface area contributed by atoms with E-state index >= 15 is 0 Å². The largest absolute Gasteiger partial charge is 0.496 e. The summed E-state index contributed by atoms with van der Waals surface area (Å²) in [5, 5.41) is 10.3. The highest BCUT2D eigenvalue weighted by Gasteiger charge is 2.18. The number of thiophene rings is 1. The van der Waals surface area contributed by atoms with Crippen LogP contribution in [0.5, 0.6) is 5.75 Å². The van der Waals surface area contributed by atoms with E-state index in [1.165, 1.54) is 41.5 Å². The van der Waals surface area contributed by atoms with Gasteiger partial charge in [0.15, 0.2) is 0 Å². The van der Waals surface area contributed by atoms with Crippen molar-refractivity contribution in [1.82, 2.24) is 0 Å². The fraction of sp³-hybridized carbons (Fsp3) is 0.286. The van der Waals surface area contributed by atoms with Gasteiger partial charge >= 0.3 is 0 Å². The zero-order valence-electron chi connectivity index (χ0n) is 10.3. The molecule has 96 valence electrons. The van der Waals surface area contributed by atoms with Gasteiger partial charge in [0.1, 0.15) is 17.7 Å². The molecule has 1 heterocycles. The lowest BCUT2D eigenvalue weighted by molar-refractivity contribution is 0.218. The molecule has 1 aromatic carbocycles. The average molecular weight is 266 g/mol. The van der Waals surface area contributed by atoms with Crippen molar-refractivity contribution < 1.29 is 14.2 Å². The SMILES string of the molecule is CCc1ccc(C(O)c2cc(F)ccc2OC)s1. The fourth-order valence-corrected chi connectivity index (χ4v) is 2.76. The number of aliphatic hydroxyl groups is 1. The molecule has 0 fully saturated rings. The number of benzene rings is 1. The Kier molecular flexibility index (Phi) is 3.99. The predicted octanol–water partition coefficient (Wildman–Crippen LogP) is 3.54. The van der Waals surface area contributed by atoms with Crippen LogP contribution in [0.3, 0.4) is 0 Å². The topological polar surface area (TPSA) is 29.5 Å². The molecule has 1 unspecified atom stereocenters. The molecule has 0 saturated heterocycles. The lowest BCUT2D eigenvalue weighted by Crippen LogP contribution is -2.01. The second kappa shape index (κ2) is 5.50. The highest BCUT2D eigenvalue weighted by atomic mass is 32.1. The molecule has 2 rings (SSSR count). The minimum Gasteiger partial charge on any atom is -0.496 e. The lowest BCUT2D eigenvalue weighted by Gasteiger charge is -2.13. The van der Waals surface area contributed by atoms with E-state index in [-0.39, 0.29) is 5.82 Å². The number of aliphatic hydroxyl groups excluding tert-OH is 1. The molecule has 0 radical (unpaired) electrons. The number of aryl methyl sites for hydroxylation is 1. The first-order chi connectivity index (χ1) is 8.65. The minimum absolute atomic E-state index is 0.378. The quantitative estimate of drug-likeness (QED) is 0.917. The summed E-state index contributed by atoms with van der Waals surface area (Å²) in [5.74, 6) is 0.118. The summed E-state index contributed by atoms with van der Waals surface area (Å²) < 4.78 is 18.4. The zero-order chi connectivity index (χ0) is 13.1. The monoisotopic (exact) mass is 266 g/mol. The van der Waals surface area contributed by atoms with E-state index < -0.39 is 6.10 Å². The van der Waals surface area contributed by atoms with Gasteiger partial charge in [-0.1, -0.05) is 6.92 Å². The number of hydrogen-bond acceptors (Lipinski definition) is 3. The van der Waals surface area contributed by atoms with E-state index in [2.05, 4.69) is 6.92 Å². The highest BCUT2D eigenvalue weighted by molar-refractivity contribution is 7.12. The summed E-state index contributed by atoms with van der Waals surface area (Å²) in [5.41, 5.74) is 0.460. The number of methoxy groups -OCH3 is 1. The van der Waals surface area contributed by atoms with E-state index in [0.717, 1.165) is 11.3 Å². The Bertz CT molecular complexity index is 536. The van der Waals surface area contributed by atoms with Crippen LogP contribution in [0.4, 0.5) is 4.39 Å². The maximum absolute atomic E-state index is 13.3.